The molecule has 0 unspecified atom stereocenters. The number of hydrogen-bond donors (Lipinski definition) is 1. The zero-order valence-corrected chi connectivity index (χ0v) is 13.6. The summed E-state index contributed by atoms with van der Waals surface area (Å²) < 4.78 is 23.9. The van der Waals surface area contributed by atoms with Crippen LogP contribution in [0.1, 0.15) is 19.2 Å². The summed E-state index contributed by atoms with van der Waals surface area (Å²) >= 11 is 0. The van der Waals surface area contributed by atoms with Gasteiger partial charge in [0, 0.05) is 45.1 Å². The monoisotopic (exact) mass is 315 g/mol. The first-order valence-electron chi connectivity index (χ1n) is 7.28. The Balaban J connectivity index is 1.78. The first kappa shape index (κ1) is 16.4. The van der Waals surface area contributed by atoms with Crippen LogP contribution < -0.4 is 5.14 Å². The second kappa shape index (κ2) is 6.87. The highest BCUT2D eigenvalue weighted by Crippen LogP contribution is 2.13. The van der Waals surface area contributed by atoms with Crippen LogP contribution in [0.25, 0.3) is 0 Å². The van der Waals surface area contributed by atoms with E-state index in [1.807, 2.05) is 24.0 Å². The van der Waals surface area contributed by atoms with Crippen LogP contribution in [0.2, 0.25) is 0 Å². The summed E-state index contributed by atoms with van der Waals surface area (Å²) in [6.45, 7) is 6.74. The molecule has 0 amide bonds. The fraction of sp³-hybridized carbons (Fsp3) is 0.769. The van der Waals surface area contributed by atoms with Gasteiger partial charge in [0.2, 0.25) is 10.0 Å². The second-order valence-electron chi connectivity index (χ2n) is 5.80. The van der Waals surface area contributed by atoms with Crippen molar-refractivity contribution in [2.75, 3.05) is 31.9 Å². The maximum absolute atomic E-state index is 10.9. The molecule has 21 heavy (non-hydrogen) atoms. The van der Waals surface area contributed by atoms with E-state index < -0.39 is 10.0 Å². The molecule has 1 aliphatic rings. The molecule has 2 heterocycles. The van der Waals surface area contributed by atoms with Crippen molar-refractivity contribution in [1.82, 2.24) is 19.4 Å². The fourth-order valence-corrected chi connectivity index (χ4v) is 3.26. The van der Waals surface area contributed by atoms with E-state index in [2.05, 4.69) is 21.7 Å². The third-order valence-corrected chi connectivity index (χ3v) is 4.88. The van der Waals surface area contributed by atoms with Gasteiger partial charge in [-0.15, -0.1) is 0 Å². The van der Waals surface area contributed by atoms with Gasteiger partial charge in [-0.05, 0) is 19.9 Å². The quantitative estimate of drug-likeness (QED) is 0.772. The van der Waals surface area contributed by atoms with Crippen LogP contribution in [0.4, 0.5) is 0 Å². The van der Waals surface area contributed by atoms with E-state index in [1.165, 1.54) is 0 Å². The van der Waals surface area contributed by atoms with Gasteiger partial charge in [-0.1, -0.05) is 0 Å². The largest absolute Gasteiger partial charge is 0.337 e. The molecule has 8 heteroatoms. The van der Waals surface area contributed by atoms with Gasteiger partial charge in [0.25, 0.3) is 0 Å². The van der Waals surface area contributed by atoms with Crippen LogP contribution in [0.3, 0.4) is 0 Å². The van der Waals surface area contributed by atoms with Crippen molar-refractivity contribution in [1.29, 1.82) is 0 Å². The molecule has 120 valence electrons. The molecule has 0 aromatic carbocycles. The summed E-state index contributed by atoms with van der Waals surface area (Å²) in [6.07, 6.45) is 4.39. The highest BCUT2D eigenvalue weighted by Gasteiger charge is 2.24. The van der Waals surface area contributed by atoms with Gasteiger partial charge >= 0.3 is 0 Å². The summed E-state index contributed by atoms with van der Waals surface area (Å²) in [5.41, 5.74) is 0. The molecule has 0 radical (unpaired) electrons. The smallest absolute Gasteiger partial charge is 0.209 e. The van der Waals surface area contributed by atoms with E-state index in [0.29, 0.717) is 12.5 Å². The van der Waals surface area contributed by atoms with Crippen molar-refractivity contribution in [3.05, 3.63) is 18.2 Å². The summed E-state index contributed by atoms with van der Waals surface area (Å²) in [6, 6.07) is 0.435. The van der Waals surface area contributed by atoms with Gasteiger partial charge in [0.1, 0.15) is 5.82 Å². The minimum atomic E-state index is -3.34. The Bertz CT molecular complexity index is 557. The van der Waals surface area contributed by atoms with E-state index >= 15 is 0 Å². The molecule has 7 nitrogen and oxygen atoms in total. The lowest BCUT2D eigenvalue weighted by Gasteiger charge is -2.39. The lowest BCUT2D eigenvalue weighted by molar-refractivity contribution is 0.0753. The predicted molar refractivity (Wildman–Crippen MR) is 82.1 cm³/mol. The average Bonchev–Trinajstić information content (AvgIpc) is 2.77. The van der Waals surface area contributed by atoms with Gasteiger partial charge in [0.15, 0.2) is 0 Å². The third kappa shape index (κ3) is 5.06. The van der Waals surface area contributed by atoms with Crippen molar-refractivity contribution < 1.29 is 8.42 Å². The Kier molecular flexibility index (Phi) is 5.37. The van der Waals surface area contributed by atoms with Crippen LogP contribution in [-0.4, -0.2) is 65.7 Å². The Labute approximate surface area is 126 Å². The molecule has 1 aromatic rings. The molecule has 0 spiro atoms. The standard InChI is InChI=1S/C13H25N5O2S/c1-12-10-17(5-3-9-21(14,19)20)7-8-18(12)11-13-15-4-6-16(13)2/h4,6,12H,3,5,7-11H2,1-2H3,(H2,14,19,20)/t12-/m0/s1. The van der Waals surface area contributed by atoms with E-state index in [9.17, 15) is 8.42 Å². The van der Waals surface area contributed by atoms with Crippen molar-refractivity contribution in [2.45, 2.75) is 25.9 Å². The van der Waals surface area contributed by atoms with Crippen LogP contribution in [0, 0.1) is 0 Å². The number of nitrogens with zero attached hydrogens (tertiary/aromatic N) is 4. The number of primary sulfonamides is 1. The third-order valence-electron chi connectivity index (χ3n) is 4.02. The highest BCUT2D eigenvalue weighted by molar-refractivity contribution is 7.89. The minimum Gasteiger partial charge on any atom is -0.337 e. The molecule has 2 N–H and O–H groups in total. The number of rotatable bonds is 6. The molecule has 1 atom stereocenters. The molecule has 1 aromatic heterocycles. The van der Waals surface area contributed by atoms with E-state index in [4.69, 9.17) is 5.14 Å². The Hall–Kier alpha value is -0.960. The fourth-order valence-electron chi connectivity index (χ4n) is 2.73. The maximum atomic E-state index is 10.9. The molecule has 2 rings (SSSR count). The first-order chi connectivity index (χ1) is 9.85. The average molecular weight is 315 g/mol. The Morgan fingerprint density at radius 3 is 2.76 bits per heavy atom. The van der Waals surface area contributed by atoms with Gasteiger partial charge in [-0.3, -0.25) is 4.90 Å². The van der Waals surface area contributed by atoms with E-state index in [-0.39, 0.29) is 5.75 Å². The summed E-state index contributed by atoms with van der Waals surface area (Å²) in [7, 11) is -1.33. The van der Waals surface area contributed by atoms with Gasteiger partial charge < -0.3 is 9.47 Å². The summed E-state index contributed by atoms with van der Waals surface area (Å²) in [4.78, 5) is 9.09. The summed E-state index contributed by atoms with van der Waals surface area (Å²) in [5, 5.41) is 5.03. The highest BCUT2D eigenvalue weighted by atomic mass is 32.2. The van der Waals surface area contributed by atoms with E-state index in [1.54, 1.807) is 0 Å². The number of piperazine rings is 1. The second-order valence-corrected chi connectivity index (χ2v) is 7.53. The van der Waals surface area contributed by atoms with Gasteiger partial charge in [-0.2, -0.15) is 0 Å². The summed E-state index contributed by atoms with van der Waals surface area (Å²) in [5.74, 6) is 1.14. The molecular formula is C13H25N5O2S. The van der Waals surface area contributed by atoms with Crippen LogP contribution >= 0.6 is 0 Å². The Morgan fingerprint density at radius 2 is 2.19 bits per heavy atom. The number of sulfonamides is 1. The predicted octanol–water partition coefficient (Wildman–Crippen LogP) is -0.395. The molecule has 1 fully saturated rings. The normalized spacial score (nSPS) is 21.8. The number of hydrogen-bond acceptors (Lipinski definition) is 5. The number of nitrogens with two attached hydrogens (primary N) is 1. The lowest BCUT2D eigenvalue weighted by Crippen LogP contribution is -2.51. The van der Waals surface area contributed by atoms with Gasteiger partial charge in [-0.25, -0.2) is 18.5 Å². The maximum Gasteiger partial charge on any atom is 0.209 e. The molecule has 1 saturated heterocycles. The van der Waals surface area contributed by atoms with Gasteiger partial charge in [0.05, 0.1) is 12.3 Å². The van der Waals surface area contributed by atoms with Crippen molar-refractivity contribution in [2.24, 2.45) is 12.2 Å². The molecule has 0 bridgehead atoms. The zero-order chi connectivity index (χ0) is 15.5. The van der Waals surface area contributed by atoms with Crippen molar-refractivity contribution in [3.8, 4) is 0 Å². The number of aromatic nitrogens is 2. The topological polar surface area (TPSA) is 84.5 Å². The number of aryl methyl sites for hydroxylation is 1. The molecule has 0 aliphatic carbocycles. The van der Waals surface area contributed by atoms with E-state index in [0.717, 1.165) is 38.5 Å². The van der Waals surface area contributed by atoms with Crippen LogP contribution in [0.15, 0.2) is 12.4 Å². The molecule has 0 saturated carbocycles. The zero-order valence-electron chi connectivity index (χ0n) is 12.8. The molecular weight excluding hydrogens is 290 g/mol. The Morgan fingerprint density at radius 1 is 1.43 bits per heavy atom. The van der Waals surface area contributed by atoms with Crippen molar-refractivity contribution in [3.63, 3.8) is 0 Å². The minimum absolute atomic E-state index is 0.0644. The SMILES string of the molecule is C[C@H]1CN(CCCS(N)(=O)=O)CCN1Cc1nccn1C. The number of imidazole rings is 1. The molecule has 1 aliphatic heterocycles. The van der Waals surface area contributed by atoms with Crippen molar-refractivity contribution >= 4 is 10.0 Å². The lowest BCUT2D eigenvalue weighted by atomic mass is 10.2. The first-order valence-corrected chi connectivity index (χ1v) is 9.00. The van der Waals surface area contributed by atoms with Crippen LogP contribution in [0.5, 0.6) is 0 Å². The van der Waals surface area contributed by atoms with Crippen LogP contribution in [-0.2, 0) is 23.6 Å².